The summed E-state index contributed by atoms with van der Waals surface area (Å²) in [5.41, 5.74) is 0.227. The van der Waals surface area contributed by atoms with Gasteiger partial charge in [-0.2, -0.15) is 0 Å². The van der Waals surface area contributed by atoms with E-state index in [4.69, 9.17) is 4.74 Å². The summed E-state index contributed by atoms with van der Waals surface area (Å²) >= 11 is 0. The van der Waals surface area contributed by atoms with Gasteiger partial charge in [0.1, 0.15) is 0 Å². The van der Waals surface area contributed by atoms with Gasteiger partial charge in [-0.15, -0.1) is 0 Å². The second kappa shape index (κ2) is 3.97. The molecule has 0 unspecified atom stereocenters. The number of ether oxygens (including phenoxy) is 1. The van der Waals surface area contributed by atoms with E-state index in [1.165, 1.54) is 58.2 Å². The Morgan fingerprint density at radius 2 is 1.69 bits per heavy atom. The maximum absolute atomic E-state index is 5.72. The van der Waals surface area contributed by atoms with Crippen LogP contribution in [0.4, 0.5) is 0 Å². The minimum Gasteiger partial charge on any atom is -0.377 e. The van der Waals surface area contributed by atoms with Gasteiger partial charge < -0.3 is 9.64 Å². The summed E-state index contributed by atoms with van der Waals surface area (Å²) in [6.07, 6.45) is 8.06. The molecule has 76 valence electrons. The molecule has 0 atom stereocenters. The van der Waals surface area contributed by atoms with Crippen molar-refractivity contribution in [2.75, 3.05) is 26.7 Å². The molecule has 13 heavy (non-hydrogen) atoms. The number of hydrogen-bond acceptors (Lipinski definition) is 2. The lowest BCUT2D eigenvalue weighted by atomic mass is 10.0. The molecule has 2 rings (SSSR count). The third-order valence-electron chi connectivity index (χ3n) is 3.66. The van der Waals surface area contributed by atoms with E-state index >= 15 is 0 Å². The maximum atomic E-state index is 5.72. The molecule has 2 nitrogen and oxygen atoms in total. The van der Waals surface area contributed by atoms with Gasteiger partial charge in [-0.3, -0.25) is 0 Å². The summed E-state index contributed by atoms with van der Waals surface area (Å²) < 4.78 is 5.72. The Morgan fingerprint density at radius 1 is 1.08 bits per heavy atom. The zero-order valence-corrected chi connectivity index (χ0v) is 8.72. The largest absolute Gasteiger partial charge is 0.377 e. The highest BCUT2D eigenvalue weighted by molar-refractivity contribution is 4.90. The van der Waals surface area contributed by atoms with Crippen molar-refractivity contribution in [2.45, 2.75) is 44.1 Å². The van der Waals surface area contributed by atoms with Gasteiger partial charge >= 0.3 is 0 Å². The van der Waals surface area contributed by atoms with E-state index < -0.39 is 0 Å². The normalized spacial score (nSPS) is 28.4. The fourth-order valence-electron chi connectivity index (χ4n) is 2.79. The van der Waals surface area contributed by atoms with Gasteiger partial charge in [-0.25, -0.2) is 0 Å². The first-order chi connectivity index (χ1) is 6.35. The van der Waals surface area contributed by atoms with E-state index in [-0.39, 0.29) is 5.60 Å². The summed E-state index contributed by atoms with van der Waals surface area (Å²) in [5.74, 6) is 0. The minimum atomic E-state index is 0.227. The van der Waals surface area contributed by atoms with Crippen molar-refractivity contribution in [1.29, 1.82) is 0 Å². The highest BCUT2D eigenvalue weighted by atomic mass is 16.5. The van der Waals surface area contributed by atoms with Crippen LogP contribution in [0, 0.1) is 0 Å². The molecule has 1 saturated carbocycles. The minimum absolute atomic E-state index is 0.227. The van der Waals surface area contributed by atoms with Crippen LogP contribution in [-0.4, -0.2) is 37.2 Å². The quantitative estimate of drug-likeness (QED) is 0.664. The molecule has 2 fully saturated rings. The molecule has 2 heteroatoms. The molecule has 0 N–H and O–H groups in total. The molecule has 0 radical (unpaired) electrons. The Bertz CT molecular complexity index is 157. The highest BCUT2D eigenvalue weighted by Gasteiger charge is 2.35. The molecule has 0 amide bonds. The molecule has 1 aliphatic carbocycles. The van der Waals surface area contributed by atoms with Gasteiger partial charge in [-0.1, -0.05) is 12.8 Å². The van der Waals surface area contributed by atoms with Gasteiger partial charge in [0.25, 0.3) is 0 Å². The van der Waals surface area contributed by atoms with Crippen molar-refractivity contribution in [3.63, 3.8) is 0 Å². The Kier molecular flexibility index (Phi) is 2.89. The summed E-state index contributed by atoms with van der Waals surface area (Å²) in [5, 5.41) is 0. The topological polar surface area (TPSA) is 12.5 Å². The smallest absolute Gasteiger partial charge is 0.0805 e. The third-order valence-corrected chi connectivity index (χ3v) is 3.66. The first-order valence-corrected chi connectivity index (χ1v) is 5.62. The number of methoxy groups -OCH3 is 1. The van der Waals surface area contributed by atoms with Crippen LogP contribution < -0.4 is 0 Å². The number of hydrogen-bond donors (Lipinski definition) is 0. The van der Waals surface area contributed by atoms with Crippen LogP contribution in [0.25, 0.3) is 0 Å². The van der Waals surface area contributed by atoms with E-state index in [2.05, 4.69) is 4.90 Å². The predicted octanol–water partition coefficient (Wildman–Crippen LogP) is 2.04. The molecule has 1 aliphatic heterocycles. The number of likely N-dealkylation sites (tertiary alicyclic amines) is 1. The van der Waals surface area contributed by atoms with E-state index in [0.717, 1.165) is 0 Å². The Balaban J connectivity index is 1.88. The van der Waals surface area contributed by atoms with Crippen LogP contribution in [0.3, 0.4) is 0 Å². The van der Waals surface area contributed by atoms with Crippen LogP contribution in [0.5, 0.6) is 0 Å². The molecule has 0 bridgehead atoms. The van der Waals surface area contributed by atoms with E-state index in [1.54, 1.807) is 0 Å². The monoisotopic (exact) mass is 183 g/mol. The zero-order valence-electron chi connectivity index (χ0n) is 8.72. The lowest BCUT2D eigenvalue weighted by molar-refractivity contribution is -0.0270. The predicted molar refractivity (Wildman–Crippen MR) is 53.9 cm³/mol. The second-order valence-corrected chi connectivity index (χ2v) is 4.58. The highest BCUT2D eigenvalue weighted by Crippen LogP contribution is 2.34. The maximum Gasteiger partial charge on any atom is 0.0805 e. The zero-order chi connectivity index (χ0) is 9.15. The lowest BCUT2D eigenvalue weighted by Crippen LogP contribution is -2.41. The van der Waals surface area contributed by atoms with Crippen molar-refractivity contribution < 1.29 is 4.74 Å². The first-order valence-electron chi connectivity index (χ1n) is 5.62. The third kappa shape index (κ3) is 2.05. The molecular formula is C11H21NO. The molecule has 0 spiro atoms. The van der Waals surface area contributed by atoms with Crippen molar-refractivity contribution in [2.24, 2.45) is 0 Å². The number of rotatable bonds is 3. The van der Waals surface area contributed by atoms with Crippen LogP contribution >= 0.6 is 0 Å². The SMILES string of the molecule is COC1(CN2CCCC2)CCCC1. The standard InChI is InChI=1S/C11H21NO/c1-13-11(6-2-3-7-11)10-12-8-4-5-9-12/h2-10H2,1H3. The molecular weight excluding hydrogens is 162 g/mol. The molecule has 1 heterocycles. The summed E-state index contributed by atoms with van der Waals surface area (Å²) in [6, 6.07) is 0. The second-order valence-electron chi connectivity index (χ2n) is 4.58. The van der Waals surface area contributed by atoms with Gasteiger partial charge in [-0.05, 0) is 38.8 Å². The van der Waals surface area contributed by atoms with Crippen LogP contribution in [-0.2, 0) is 4.74 Å². The van der Waals surface area contributed by atoms with Crippen molar-refractivity contribution in [3.05, 3.63) is 0 Å². The molecule has 2 aliphatic rings. The van der Waals surface area contributed by atoms with Gasteiger partial charge in [0.2, 0.25) is 0 Å². The average molecular weight is 183 g/mol. The Labute approximate surface area is 81.3 Å². The average Bonchev–Trinajstić information content (AvgIpc) is 2.77. The van der Waals surface area contributed by atoms with Crippen LogP contribution in [0.1, 0.15) is 38.5 Å². The van der Waals surface area contributed by atoms with Crippen molar-refractivity contribution >= 4 is 0 Å². The number of nitrogens with zero attached hydrogens (tertiary/aromatic N) is 1. The fourth-order valence-corrected chi connectivity index (χ4v) is 2.79. The van der Waals surface area contributed by atoms with Crippen molar-refractivity contribution in [1.82, 2.24) is 4.90 Å². The summed E-state index contributed by atoms with van der Waals surface area (Å²) in [7, 11) is 1.89. The molecule has 0 aromatic carbocycles. The summed E-state index contributed by atoms with van der Waals surface area (Å²) in [4.78, 5) is 2.58. The van der Waals surface area contributed by atoms with Gasteiger partial charge in [0.15, 0.2) is 0 Å². The fraction of sp³-hybridized carbons (Fsp3) is 1.00. The summed E-state index contributed by atoms with van der Waals surface area (Å²) in [6.45, 7) is 3.78. The molecule has 1 saturated heterocycles. The van der Waals surface area contributed by atoms with E-state index in [1.807, 2.05) is 7.11 Å². The first kappa shape index (κ1) is 9.47. The lowest BCUT2D eigenvalue weighted by Gasteiger charge is -2.32. The Morgan fingerprint density at radius 3 is 2.23 bits per heavy atom. The van der Waals surface area contributed by atoms with E-state index in [0.29, 0.717) is 0 Å². The molecule has 0 aromatic heterocycles. The Hall–Kier alpha value is -0.0800. The van der Waals surface area contributed by atoms with Gasteiger partial charge in [0, 0.05) is 13.7 Å². The van der Waals surface area contributed by atoms with Crippen LogP contribution in [0.15, 0.2) is 0 Å². The molecule has 0 aromatic rings. The van der Waals surface area contributed by atoms with Crippen molar-refractivity contribution in [3.8, 4) is 0 Å². The van der Waals surface area contributed by atoms with Crippen LogP contribution in [0.2, 0.25) is 0 Å². The van der Waals surface area contributed by atoms with Gasteiger partial charge in [0.05, 0.1) is 5.60 Å². The van der Waals surface area contributed by atoms with E-state index in [9.17, 15) is 0 Å².